The van der Waals surface area contributed by atoms with Gasteiger partial charge in [-0.05, 0) is 37.7 Å². The molecule has 94 valence electrons. The molecule has 2 aliphatic carbocycles. The summed E-state index contributed by atoms with van der Waals surface area (Å²) in [6.45, 7) is 2.23. The standard InChI is InChI=1S/C13H16N4S/c1-13(5-6-13)12-15-10(17-14)9-7-3-2-4-8(7)18-11(9)16-12/h2-6,14H2,1H3,(H,15,16,17). The van der Waals surface area contributed by atoms with Gasteiger partial charge >= 0.3 is 0 Å². The first-order valence-electron chi connectivity index (χ1n) is 6.51. The molecule has 5 heteroatoms. The Morgan fingerprint density at radius 1 is 1.28 bits per heavy atom. The zero-order valence-corrected chi connectivity index (χ0v) is 11.2. The van der Waals surface area contributed by atoms with Gasteiger partial charge in [0.25, 0.3) is 0 Å². The van der Waals surface area contributed by atoms with Crippen molar-refractivity contribution in [2.45, 2.75) is 44.4 Å². The summed E-state index contributed by atoms with van der Waals surface area (Å²) in [5, 5.41) is 1.17. The number of aryl methyl sites for hydroxylation is 2. The number of nitrogens with two attached hydrogens (primary N) is 1. The van der Waals surface area contributed by atoms with Gasteiger partial charge < -0.3 is 5.43 Å². The van der Waals surface area contributed by atoms with E-state index in [-0.39, 0.29) is 5.41 Å². The molecule has 2 aliphatic rings. The number of rotatable bonds is 2. The van der Waals surface area contributed by atoms with Crippen LogP contribution in [0.5, 0.6) is 0 Å². The Bertz CT molecular complexity index is 642. The average molecular weight is 260 g/mol. The maximum atomic E-state index is 5.67. The summed E-state index contributed by atoms with van der Waals surface area (Å²) < 4.78 is 0. The van der Waals surface area contributed by atoms with Crippen LogP contribution in [-0.4, -0.2) is 9.97 Å². The summed E-state index contributed by atoms with van der Waals surface area (Å²) in [5.41, 5.74) is 4.40. The monoisotopic (exact) mass is 260 g/mol. The number of thiophene rings is 1. The van der Waals surface area contributed by atoms with Crippen molar-refractivity contribution in [1.29, 1.82) is 0 Å². The van der Waals surface area contributed by atoms with Gasteiger partial charge in [0, 0.05) is 10.3 Å². The van der Waals surface area contributed by atoms with Crippen LogP contribution in [0.25, 0.3) is 10.2 Å². The number of anilines is 1. The molecular weight excluding hydrogens is 244 g/mol. The normalized spacial score (nSPS) is 20.1. The van der Waals surface area contributed by atoms with Crippen molar-refractivity contribution < 1.29 is 0 Å². The summed E-state index contributed by atoms with van der Waals surface area (Å²) in [4.78, 5) is 12.1. The summed E-state index contributed by atoms with van der Waals surface area (Å²) in [6, 6.07) is 0. The van der Waals surface area contributed by atoms with E-state index in [0.29, 0.717) is 0 Å². The van der Waals surface area contributed by atoms with Crippen LogP contribution in [0.15, 0.2) is 0 Å². The highest BCUT2D eigenvalue weighted by Crippen LogP contribution is 2.48. The third-order valence-corrected chi connectivity index (χ3v) is 5.43. The maximum absolute atomic E-state index is 5.67. The molecule has 2 aromatic heterocycles. The van der Waals surface area contributed by atoms with Gasteiger partial charge in [-0.1, -0.05) is 6.92 Å². The number of hydrogen-bond acceptors (Lipinski definition) is 5. The van der Waals surface area contributed by atoms with Crippen molar-refractivity contribution in [3.63, 3.8) is 0 Å². The van der Waals surface area contributed by atoms with E-state index in [9.17, 15) is 0 Å². The van der Waals surface area contributed by atoms with Gasteiger partial charge in [-0.25, -0.2) is 15.8 Å². The van der Waals surface area contributed by atoms with Crippen LogP contribution in [0.3, 0.4) is 0 Å². The molecule has 4 rings (SSSR count). The predicted molar refractivity (Wildman–Crippen MR) is 73.8 cm³/mol. The Balaban J connectivity index is 2.00. The molecule has 0 unspecified atom stereocenters. The molecule has 1 saturated carbocycles. The maximum Gasteiger partial charge on any atom is 0.152 e. The fourth-order valence-corrected chi connectivity index (χ4v) is 4.04. The molecule has 0 radical (unpaired) electrons. The molecule has 0 saturated heterocycles. The zero-order valence-electron chi connectivity index (χ0n) is 10.4. The summed E-state index contributed by atoms with van der Waals surface area (Å²) in [5.74, 6) is 7.45. The fourth-order valence-electron chi connectivity index (χ4n) is 2.78. The fraction of sp³-hybridized carbons (Fsp3) is 0.538. The molecule has 3 N–H and O–H groups in total. The van der Waals surface area contributed by atoms with Crippen LogP contribution in [0.4, 0.5) is 5.82 Å². The highest BCUT2D eigenvalue weighted by Gasteiger charge is 2.42. The van der Waals surface area contributed by atoms with Crippen molar-refractivity contribution >= 4 is 27.4 Å². The zero-order chi connectivity index (χ0) is 12.3. The summed E-state index contributed by atoms with van der Waals surface area (Å²) >= 11 is 1.83. The lowest BCUT2D eigenvalue weighted by atomic mass is 10.1. The van der Waals surface area contributed by atoms with Gasteiger partial charge in [-0.2, -0.15) is 0 Å². The number of hydrazine groups is 1. The topological polar surface area (TPSA) is 63.8 Å². The number of fused-ring (bicyclic) bond motifs is 3. The smallest absolute Gasteiger partial charge is 0.152 e. The number of nitrogens with zero attached hydrogens (tertiary/aromatic N) is 2. The lowest BCUT2D eigenvalue weighted by Gasteiger charge is -2.10. The molecule has 0 aromatic carbocycles. The Morgan fingerprint density at radius 2 is 2.11 bits per heavy atom. The van der Waals surface area contributed by atoms with Crippen LogP contribution < -0.4 is 11.3 Å². The first-order valence-corrected chi connectivity index (χ1v) is 7.32. The van der Waals surface area contributed by atoms with E-state index in [1.54, 1.807) is 0 Å². The van der Waals surface area contributed by atoms with Gasteiger partial charge in [-0.3, -0.25) is 0 Å². The van der Waals surface area contributed by atoms with Crippen LogP contribution in [0.1, 0.15) is 42.5 Å². The molecule has 1 fully saturated rings. The minimum Gasteiger partial charge on any atom is -0.308 e. The van der Waals surface area contributed by atoms with E-state index < -0.39 is 0 Å². The molecule has 2 heterocycles. The molecule has 18 heavy (non-hydrogen) atoms. The highest BCUT2D eigenvalue weighted by molar-refractivity contribution is 7.19. The highest BCUT2D eigenvalue weighted by atomic mass is 32.1. The molecule has 0 aliphatic heterocycles. The van der Waals surface area contributed by atoms with E-state index in [1.165, 1.54) is 41.5 Å². The SMILES string of the molecule is CC1(c2nc(NN)c3c4c(sc3n2)CCC4)CC1. The lowest BCUT2D eigenvalue weighted by molar-refractivity contribution is 0.717. The van der Waals surface area contributed by atoms with Gasteiger partial charge in [-0.15, -0.1) is 11.3 Å². The van der Waals surface area contributed by atoms with Crippen LogP contribution >= 0.6 is 11.3 Å². The third-order valence-electron chi connectivity index (χ3n) is 4.24. The Kier molecular flexibility index (Phi) is 2.03. The first kappa shape index (κ1) is 10.7. The van der Waals surface area contributed by atoms with Crippen LogP contribution in [0.2, 0.25) is 0 Å². The van der Waals surface area contributed by atoms with Crippen molar-refractivity contribution in [2.75, 3.05) is 5.43 Å². The van der Waals surface area contributed by atoms with E-state index in [1.807, 2.05) is 11.3 Å². The largest absolute Gasteiger partial charge is 0.308 e. The minimum absolute atomic E-state index is 0.189. The third kappa shape index (κ3) is 1.34. The molecule has 0 bridgehead atoms. The Hall–Kier alpha value is -1.20. The quantitative estimate of drug-likeness (QED) is 0.643. The number of hydrogen-bond donors (Lipinski definition) is 2. The molecule has 2 aromatic rings. The molecule has 0 spiro atoms. The Labute approximate surface area is 110 Å². The van der Waals surface area contributed by atoms with Crippen molar-refractivity contribution in [2.24, 2.45) is 5.84 Å². The van der Waals surface area contributed by atoms with E-state index in [4.69, 9.17) is 10.8 Å². The van der Waals surface area contributed by atoms with Gasteiger partial charge in [0.1, 0.15) is 10.7 Å². The Morgan fingerprint density at radius 3 is 2.83 bits per heavy atom. The number of nitrogen functional groups attached to an aromatic ring is 1. The second-order valence-corrected chi connectivity index (χ2v) is 6.72. The first-order chi connectivity index (χ1) is 8.71. The van der Waals surface area contributed by atoms with Crippen LogP contribution in [-0.2, 0) is 18.3 Å². The molecule has 0 amide bonds. The second-order valence-electron chi connectivity index (χ2n) is 5.64. The molecular formula is C13H16N4S. The number of nitrogens with one attached hydrogen (secondary N) is 1. The van der Waals surface area contributed by atoms with Crippen molar-refractivity contribution in [3.05, 3.63) is 16.3 Å². The minimum atomic E-state index is 0.189. The second kappa shape index (κ2) is 3.42. The van der Waals surface area contributed by atoms with Gasteiger partial charge in [0.2, 0.25) is 0 Å². The number of aromatic nitrogens is 2. The van der Waals surface area contributed by atoms with Crippen LogP contribution in [0, 0.1) is 0 Å². The van der Waals surface area contributed by atoms with Gasteiger partial charge in [0.05, 0.1) is 5.39 Å². The lowest BCUT2D eigenvalue weighted by Crippen LogP contribution is -2.14. The predicted octanol–water partition coefficient (Wildman–Crippen LogP) is 2.52. The van der Waals surface area contributed by atoms with Crippen molar-refractivity contribution in [1.82, 2.24) is 9.97 Å². The van der Waals surface area contributed by atoms with E-state index in [2.05, 4.69) is 17.3 Å². The van der Waals surface area contributed by atoms with Crippen molar-refractivity contribution in [3.8, 4) is 0 Å². The average Bonchev–Trinajstić information content (AvgIpc) is 2.84. The summed E-state index contributed by atoms with van der Waals surface area (Å²) in [7, 11) is 0. The molecule has 0 atom stereocenters. The molecule has 4 nitrogen and oxygen atoms in total. The van der Waals surface area contributed by atoms with E-state index >= 15 is 0 Å². The summed E-state index contributed by atoms with van der Waals surface area (Å²) in [6.07, 6.45) is 5.96. The van der Waals surface area contributed by atoms with E-state index in [0.717, 1.165) is 22.9 Å². The van der Waals surface area contributed by atoms with Gasteiger partial charge in [0.15, 0.2) is 5.82 Å².